The van der Waals surface area contributed by atoms with Crippen LogP contribution in [0.15, 0.2) is 54.6 Å². The molecule has 0 bridgehead atoms. The highest BCUT2D eigenvalue weighted by atomic mass is 16.6. The van der Waals surface area contributed by atoms with E-state index in [0.717, 1.165) is 16.9 Å². The molecule has 0 aliphatic rings. The van der Waals surface area contributed by atoms with Crippen molar-refractivity contribution in [2.45, 2.75) is 51.5 Å². The Morgan fingerprint density at radius 3 is 2.28 bits per heavy atom. The Morgan fingerprint density at radius 2 is 1.69 bits per heavy atom. The molecule has 6 nitrogen and oxygen atoms in total. The Bertz CT molecular complexity index is 742. The van der Waals surface area contributed by atoms with Crippen molar-refractivity contribution in [1.29, 1.82) is 0 Å². The minimum Gasteiger partial charge on any atom is -0.497 e. The molecule has 2 aromatic rings. The molecular formula is C23H32N2O4. The zero-order chi connectivity index (χ0) is 21.3. The first-order valence-electron chi connectivity index (χ1n) is 9.82. The number of amides is 1. The van der Waals surface area contributed by atoms with Crippen LogP contribution in [0.3, 0.4) is 0 Å². The van der Waals surface area contributed by atoms with Gasteiger partial charge in [-0.1, -0.05) is 42.5 Å². The van der Waals surface area contributed by atoms with Gasteiger partial charge in [0.15, 0.2) is 0 Å². The molecular weight excluding hydrogens is 368 g/mol. The van der Waals surface area contributed by atoms with Crippen molar-refractivity contribution < 1.29 is 19.4 Å². The summed E-state index contributed by atoms with van der Waals surface area (Å²) < 4.78 is 10.5. The molecule has 0 aliphatic heterocycles. The lowest BCUT2D eigenvalue weighted by Crippen LogP contribution is -2.49. The highest BCUT2D eigenvalue weighted by molar-refractivity contribution is 5.68. The molecule has 0 radical (unpaired) electrons. The summed E-state index contributed by atoms with van der Waals surface area (Å²) >= 11 is 0. The largest absolute Gasteiger partial charge is 0.497 e. The van der Waals surface area contributed by atoms with Crippen LogP contribution in [0.2, 0.25) is 0 Å². The minimum absolute atomic E-state index is 0.333. The number of rotatable bonds is 9. The molecule has 0 heterocycles. The smallest absolute Gasteiger partial charge is 0.407 e. The molecule has 1 amide bonds. The molecule has 2 rings (SSSR count). The Labute approximate surface area is 173 Å². The number of aliphatic hydroxyl groups excluding tert-OH is 1. The third-order valence-corrected chi connectivity index (χ3v) is 4.31. The molecule has 0 saturated carbocycles. The number of carbonyl (C=O) groups is 1. The second-order valence-electron chi connectivity index (χ2n) is 7.99. The van der Waals surface area contributed by atoms with Crippen molar-refractivity contribution >= 4 is 6.09 Å². The summed E-state index contributed by atoms with van der Waals surface area (Å²) in [6.07, 6.45) is -0.806. The molecule has 6 heteroatoms. The molecule has 0 unspecified atom stereocenters. The van der Waals surface area contributed by atoms with E-state index < -0.39 is 23.8 Å². The molecule has 0 aromatic heterocycles. The molecule has 2 atom stereocenters. The van der Waals surface area contributed by atoms with Crippen LogP contribution in [0.4, 0.5) is 4.79 Å². The van der Waals surface area contributed by atoms with Gasteiger partial charge in [0.25, 0.3) is 0 Å². The first-order valence-corrected chi connectivity index (χ1v) is 9.82. The molecule has 29 heavy (non-hydrogen) atoms. The van der Waals surface area contributed by atoms with E-state index >= 15 is 0 Å². The Balaban J connectivity index is 1.94. The summed E-state index contributed by atoms with van der Waals surface area (Å²) in [4.78, 5) is 12.2. The minimum atomic E-state index is -0.777. The van der Waals surface area contributed by atoms with Gasteiger partial charge in [0, 0.05) is 13.1 Å². The number of carbonyl (C=O) groups excluding carboxylic acids is 1. The lowest BCUT2D eigenvalue weighted by atomic mass is 10.0. The number of methoxy groups -OCH3 is 1. The van der Waals surface area contributed by atoms with Crippen LogP contribution in [-0.2, 0) is 17.7 Å². The number of hydrogen-bond donors (Lipinski definition) is 3. The first kappa shape index (κ1) is 22.7. The summed E-state index contributed by atoms with van der Waals surface area (Å²) in [5, 5.41) is 16.8. The first-order chi connectivity index (χ1) is 13.8. The fourth-order valence-corrected chi connectivity index (χ4v) is 2.86. The molecule has 0 aliphatic carbocycles. The number of ether oxygens (including phenoxy) is 2. The monoisotopic (exact) mass is 400 g/mol. The van der Waals surface area contributed by atoms with E-state index in [0.29, 0.717) is 19.5 Å². The Hall–Kier alpha value is -2.57. The van der Waals surface area contributed by atoms with Gasteiger partial charge in [-0.15, -0.1) is 0 Å². The van der Waals surface area contributed by atoms with Crippen molar-refractivity contribution in [3.05, 3.63) is 65.7 Å². The summed E-state index contributed by atoms with van der Waals surface area (Å²) in [6, 6.07) is 17.0. The predicted molar refractivity (Wildman–Crippen MR) is 114 cm³/mol. The number of nitrogens with one attached hydrogen (secondary N) is 2. The molecule has 0 spiro atoms. The van der Waals surface area contributed by atoms with Crippen LogP contribution in [-0.4, -0.2) is 42.6 Å². The van der Waals surface area contributed by atoms with Crippen LogP contribution < -0.4 is 15.4 Å². The summed E-state index contributed by atoms with van der Waals surface area (Å²) in [5.41, 5.74) is 1.51. The average molecular weight is 401 g/mol. The quantitative estimate of drug-likeness (QED) is 0.602. The SMILES string of the molecule is COc1ccc(CNC[C@@H](O)[C@H](Cc2ccccc2)NC(=O)OC(C)(C)C)cc1. The number of alkyl carbamates (subject to hydrolysis) is 1. The molecule has 3 N–H and O–H groups in total. The summed E-state index contributed by atoms with van der Waals surface area (Å²) in [6.45, 7) is 6.37. The fraction of sp³-hybridized carbons (Fsp3) is 0.435. The van der Waals surface area contributed by atoms with E-state index in [9.17, 15) is 9.90 Å². The highest BCUT2D eigenvalue weighted by Crippen LogP contribution is 2.12. The Morgan fingerprint density at radius 1 is 1.03 bits per heavy atom. The van der Waals surface area contributed by atoms with E-state index in [1.54, 1.807) is 7.11 Å². The van der Waals surface area contributed by atoms with E-state index in [-0.39, 0.29) is 0 Å². The third-order valence-electron chi connectivity index (χ3n) is 4.31. The summed E-state index contributed by atoms with van der Waals surface area (Å²) in [5.74, 6) is 0.804. The van der Waals surface area contributed by atoms with Gasteiger partial charge < -0.3 is 25.2 Å². The Kier molecular flexibility index (Phi) is 8.49. The number of aliphatic hydroxyl groups is 1. The van der Waals surface area contributed by atoms with Crippen LogP contribution >= 0.6 is 0 Å². The molecule has 0 fully saturated rings. The zero-order valence-electron chi connectivity index (χ0n) is 17.6. The fourth-order valence-electron chi connectivity index (χ4n) is 2.86. The number of benzene rings is 2. The van der Waals surface area contributed by atoms with E-state index in [1.807, 2.05) is 75.4 Å². The van der Waals surface area contributed by atoms with E-state index in [1.165, 1.54) is 0 Å². The van der Waals surface area contributed by atoms with Crippen molar-refractivity contribution in [2.75, 3.05) is 13.7 Å². The second kappa shape index (κ2) is 10.8. The van der Waals surface area contributed by atoms with Crippen LogP contribution in [0.1, 0.15) is 31.9 Å². The average Bonchev–Trinajstić information content (AvgIpc) is 2.67. The van der Waals surface area contributed by atoms with Gasteiger partial charge in [-0.25, -0.2) is 4.79 Å². The second-order valence-corrected chi connectivity index (χ2v) is 7.99. The lowest BCUT2D eigenvalue weighted by Gasteiger charge is -2.27. The van der Waals surface area contributed by atoms with Gasteiger partial charge in [-0.05, 0) is 50.5 Å². The van der Waals surface area contributed by atoms with Crippen molar-refractivity contribution in [3.8, 4) is 5.75 Å². The van der Waals surface area contributed by atoms with Gasteiger partial charge >= 0.3 is 6.09 Å². The van der Waals surface area contributed by atoms with Gasteiger partial charge in [0.1, 0.15) is 11.4 Å². The van der Waals surface area contributed by atoms with Gasteiger partial charge in [-0.2, -0.15) is 0 Å². The van der Waals surface area contributed by atoms with E-state index in [2.05, 4.69) is 10.6 Å². The van der Waals surface area contributed by atoms with Crippen LogP contribution in [0, 0.1) is 0 Å². The van der Waals surface area contributed by atoms with Gasteiger partial charge in [0.2, 0.25) is 0 Å². The standard InChI is InChI=1S/C23H32N2O4/c1-23(2,3)29-22(27)25-20(14-17-8-6-5-7-9-17)21(26)16-24-15-18-10-12-19(28-4)13-11-18/h5-13,20-21,24,26H,14-16H2,1-4H3,(H,25,27)/t20-,21+/m0/s1. The van der Waals surface area contributed by atoms with Crippen molar-refractivity contribution in [2.24, 2.45) is 0 Å². The normalized spacial score (nSPS) is 13.4. The maximum Gasteiger partial charge on any atom is 0.407 e. The molecule has 0 saturated heterocycles. The van der Waals surface area contributed by atoms with Crippen LogP contribution in [0.25, 0.3) is 0 Å². The summed E-state index contributed by atoms with van der Waals surface area (Å²) in [7, 11) is 1.63. The van der Waals surface area contributed by atoms with Crippen molar-refractivity contribution in [1.82, 2.24) is 10.6 Å². The van der Waals surface area contributed by atoms with E-state index in [4.69, 9.17) is 9.47 Å². The van der Waals surface area contributed by atoms with Gasteiger partial charge in [0.05, 0.1) is 19.3 Å². The molecule has 2 aromatic carbocycles. The molecule has 158 valence electrons. The zero-order valence-corrected chi connectivity index (χ0v) is 17.6. The van der Waals surface area contributed by atoms with Crippen molar-refractivity contribution in [3.63, 3.8) is 0 Å². The predicted octanol–water partition coefficient (Wildman–Crippen LogP) is 3.28. The lowest BCUT2D eigenvalue weighted by molar-refractivity contribution is 0.0422. The van der Waals surface area contributed by atoms with Crippen LogP contribution in [0.5, 0.6) is 5.75 Å². The van der Waals surface area contributed by atoms with Gasteiger partial charge in [-0.3, -0.25) is 0 Å². The maximum absolute atomic E-state index is 12.2. The third kappa shape index (κ3) is 8.54. The number of hydrogen-bond acceptors (Lipinski definition) is 5. The topological polar surface area (TPSA) is 79.8 Å². The highest BCUT2D eigenvalue weighted by Gasteiger charge is 2.24. The maximum atomic E-state index is 12.2.